The molecule has 1 aliphatic rings. The summed E-state index contributed by atoms with van der Waals surface area (Å²) >= 11 is 9.14. The van der Waals surface area contributed by atoms with Gasteiger partial charge in [0.15, 0.2) is 0 Å². The second-order valence-corrected chi connectivity index (χ2v) is 7.73. The second-order valence-electron chi connectivity index (χ2n) is 3.41. The van der Waals surface area contributed by atoms with E-state index in [-0.39, 0.29) is 4.06 Å². The van der Waals surface area contributed by atoms with Crippen molar-refractivity contribution < 1.29 is 0 Å². The average Bonchev–Trinajstić information content (AvgIpc) is 2.56. The summed E-state index contributed by atoms with van der Waals surface area (Å²) in [5.74, 6) is 0. The highest BCUT2D eigenvalue weighted by molar-refractivity contribution is 8.02. The smallest absolute Gasteiger partial charge is 0.265 e. The Labute approximate surface area is 101 Å². The Kier molecular flexibility index (Phi) is 3.99. The molecule has 0 saturated heterocycles. The van der Waals surface area contributed by atoms with E-state index < -0.39 is 0 Å². The molecule has 5 heteroatoms. The van der Waals surface area contributed by atoms with E-state index in [9.17, 15) is 4.79 Å². The van der Waals surface area contributed by atoms with Crippen molar-refractivity contribution >= 4 is 47.1 Å². The van der Waals surface area contributed by atoms with Crippen molar-refractivity contribution in [2.24, 2.45) is 0 Å². The summed E-state index contributed by atoms with van der Waals surface area (Å²) in [7, 11) is 0. The van der Waals surface area contributed by atoms with Crippen molar-refractivity contribution in [1.82, 2.24) is 0 Å². The molecule has 0 aliphatic heterocycles. The lowest BCUT2D eigenvalue weighted by Gasteiger charge is -2.26. The summed E-state index contributed by atoms with van der Waals surface area (Å²) in [5.41, 5.74) is 0. The minimum atomic E-state index is 0.207. The van der Waals surface area contributed by atoms with Gasteiger partial charge in [0, 0.05) is 15.9 Å². The lowest BCUT2D eigenvalue weighted by Crippen LogP contribution is -2.21. The first kappa shape index (κ1) is 11.0. The lowest BCUT2D eigenvalue weighted by atomic mass is 10.00. The Morgan fingerprint density at radius 3 is 2.86 bits per heavy atom. The molecule has 1 fully saturated rings. The van der Waals surface area contributed by atoms with Crippen LogP contribution in [0.3, 0.4) is 0 Å². The van der Waals surface area contributed by atoms with E-state index in [1.807, 2.05) is 17.1 Å². The number of hydrogen-bond acceptors (Lipinski definition) is 5. The largest absolute Gasteiger partial charge is 0.288 e. The molecule has 78 valence electrons. The maximum absolute atomic E-state index is 11.0. The SMILES string of the molecule is O=c1scc(SC2CCCCC2S)s1. The van der Waals surface area contributed by atoms with Crippen molar-refractivity contribution in [3.63, 3.8) is 0 Å². The van der Waals surface area contributed by atoms with Crippen LogP contribution in [-0.2, 0) is 0 Å². The molecule has 0 bridgehead atoms. The van der Waals surface area contributed by atoms with E-state index in [2.05, 4.69) is 12.6 Å². The van der Waals surface area contributed by atoms with Gasteiger partial charge in [-0.2, -0.15) is 12.6 Å². The molecule has 1 nitrogen and oxygen atoms in total. The molecular formula is C9H12OS4. The highest BCUT2D eigenvalue weighted by Gasteiger charge is 2.23. The second kappa shape index (κ2) is 5.05. The van der Waals surface area contributed by atoms with Crippen LogP contribution in [0.2, 0.25) is 0 Å². The van der Waals surface area contributed by atoms with E-state index in [1.54, 1.807) is 0 Å². The summed E-state index contributed by atoms with van der Waals surface area (Å²) in [5, 5.41) is 3.10. The van der Waals surface area contributed by atoms with Gasteiger partial charge in [-0.3, -0.25) is 4.79 Å². The monoisotopic (exact) mass is 264 g/mol. The van der Waals surface area contributed by atoms with Crippen LogP contribution >= 0.6 is 47.1 Å². The zero-order valence-electron chi connectivity index (χ0n) is 7.64. The summed E-state index contributed by atoms with van der Waals surface area (Å²) in [4.78, 5) is 11.0. The van der Waals surface area contributed by atoms with Gasteiger partial charge in [-0.1, -0.05) is 35.5 Å². The van der Waals surface area contributed by atoms with Crippen molar-refractivity contribution in [2.45, 2.75) is 40.4 Å². The molecule has 1 heterocycles. The Morgan fingerprint density at radius 2 is 2.21 bits per heavy atom. The van der Waals surface area contributed by atoms with Crippen LogP contribution in [0, 0.1) is 0 Å². The fourth-order valence-corrected chi connectivity index (χ4v) is 5.65. The van der Waals surface area contributed by atoms with Crippen LogP contribution < -0.4 is 4.06 Å². The van der Waals surface area contributed by atoms with Crippen LogP contribution in [0.5, 0.6) is 0 Å². The van der Waals surface area contributed by atoms with Crippen LogP contribution in [0.4, 0.5) is 0 Å². The highest BCUT2D eigenvalue weighted by atomic mass is 32.2. The Bertz CT molecular complexity index is 343. The predicted octanol–water partition coefficient (Wildman–Crippen LogP) is 3.50. The molecule has 0 aromatic carbocycles. The van der Waals surface area contributed by atoms with E-state index in [0.29, 0.717) is 10.5 Å². The third-order valence-electron chi connectivity index (χ3n) is 2.37. The molecule has 2 atom stereocenters. The Hall–Kier alpha value is 0.550. The van der Waals surface area contributed by atoms with Gasteiger partial charge < -0.3 is 0 Å². The molecule has 1 aromatic heterocycles. The molecular weight excluding hydrogens is 252 g/mol. The first-order valence-electron chi connectivity index (χ1n) is 4.69. The Balaban J connectivity index is 1.99. The molecule has 0 N–H and O–H groups in total. The van der Waals surface area contributed by atoms with Crippen LogP contribution in [0.1, 0.15) is 25.7 Å². The van der Waals surface area contributed by atoms with Crippen molar-refractivity contribution in [1.29, 1.82) is 0 Å². The topological polar surface area (TPSA) is 17.1 Å². The van der Waals surface area contributed by atoms with Gasteiger partial charge in [0.05, 0.1) is 4.21 Å². The third kappa shape index (κ3) is 2.78. The molecule has 1 saturated carbocycles. The van der Waals surface area contributed by atoms with Gasteiger partial charge in [-0.15, -0.1) is 11.8 Å². The van der Waals surface area contributed by atoms with E-state index in [4.69, 9.17) is 0 Å². The fourth-order valence-electron chi connectivity index (χ4n) is 1.64. The molecule has 0 spiro atoms. The summed E-state index contributed by atoms with van der Waals surface area (Å²) in [6.07, 6.45) is 5.09. The minimum absolute atomic E-state index is 0.207. The maximum Gasteiger partial charge on any atom is 0.288 e. The molecule has 2 rings (SSSR count). The van der Waals surface area contributed by atoms with Crippen LogP contribution in [0.25, 0.3) is 0 Å². The van der Waals surface area contributed by atoms with E-state index in [0.717, 1.165) is 0 Å². The zero-order valence-corrected chi connectivity index (χ0v) is 11.0. The van der Waals surface area contributed by atoms with Gasteiger partial charge in [-0.25, -0.2) is 0 Å². The predicted molar refractivity (Wildman–Crippen MR) is 69.4 cm³/mol. The molecule has 14 heavy (non-hydrogen) atoms. The van der Waals surface area contributed by atoms with Crippen molar-refractivity contribution in [2.75, 3.05) is 0 Å². The number of thiol groups is 1. The molecule has 1 aromatic rings. The fraction of sp³-hybridized carbons (Fsp3) is 0.667. The summed E-state index contributed by atoms with van der Waals surface area (Å²) in [6.45, 7) is 0. The molecule has 0 amide bonds. The van der Waals surface area contributed by atoms with Gasteiger partial charge in [0.1, 0.15) is 0 Å². The normalized spacial score (nSPS) is 27.8. The average molecular weight is 264 g/mol. The van der Waals surface area contributed by atoms with Crippen molar-refractivity contribution in [3.05, 3.63) is 14.2 Å². The quantitative estimate of drug-likeness (QED) is 0.823. The number of rotatable bonds is 2. The van der Waals surface area contributed by atoms with Crippen molar-refractivity contribution in [3.8, 4) is 0 Å². The lowest BCUT2D eigenvalue weighted by molar-refractivity contribution is 0.530. The number of thioether (sulfide) groups is 1. The van der Waals surface area contributed by atoms with Crippen LogP contribution in [-0.4, -0.2) is 10.5 Å². The first-order chi connectivity index (χ1) is 6.75. The standard InChI is InChI=1S/C9H12OS4/c10-9-12-5-8(14-9)13-7-4-2-1-3-6(7)11/h5-7,11H,1-4H2. The van der Waals surface area contributed by atoms with Gasteiger partial charge in [0.2, 0.25) is 0 Å². The van der Waals surface area contributed by atoms with Gasteiger partial charge in [-0.05, 0) is 12.8 Å². The molecule has 0 radical (unpaired) electrons. The van der Waals surface area contributed by atoms with E-state index in [1.165, 1.54) is 52.6 Å². The van der Waals surface area contributed by atoms with Crippen LogP contribution in [0.15, 0.2) is 14.4 Å². The first-order valence-corrected chi connectivity index (χ1v) is 7.78. The molecule has 1 aliphatic carbocycles. The van der Waals surface area contributed by atoms with Gasteiger partial charge >= 0.3 is 0 Å². The maximum atomic E-state index is 11.0. The number of hydrogen-bond donors (Lipinski definition) is 1. The Morgan fingerprint density at radius 1 is 1.43 bits per heavy atom. The third-order valence-corrected chi connectivity index (χ3v) is 6.81. The summed E-state index contributed by atoms with van der Waals surface area (Å²) in [6, 6.07) is 0. The van der Waals surface area contributed by atoms with E-state index >= 15 is 0 Å². The highest BCUT2D eigenvalue weighted by Crippen LogP contribution is 2.37. The summed E-state index contributed by atoms with van der Waals surface area (Å²) < 4.78 is 1.38. The van der Waals surface area contributed by atoms with Gasteiger partial charge in [0.25, 0.3) is 4.06 Å². The zero-order chi connectivity index (χ0) is 9.97. The molecule has 2 unspecified atom stereocenters. The minimum Gasteiger partial charge on any atom is -0.265 e.